The quantitative estimate of drug-likeness (QED) is 0.779. The van der Waals surface area contributed by atoms with Gasteiger partial charge in [-0.25, -0.2) is 13.8 Å². The summed E-state index contributed by atoms with van der Waals surface area (Å²) in [5, 5.41) is 2.52. The average Bonchev–Trinajstić information content (AvgIpc) is 2.54. The first-order valence-corrected chi connectivity index (χ1v) is 9.46. The highest BCUT2D eigenvalue weighted by molar-refractivity contribution is 9.10. The maximum Gasteiger partial charge on any atom is 0.407 e. The predicted octanol–water partition coefficient (Wildman–Crippen LogP) is 3.78. The molecule has 0 aliphatic rings. The summed E-state index contributed by atoms with van der Waals surface area (Å²) in [6.07, 6.45) is -0.583. The molecule has 0 heterocycles. The Morgan fingerprint density at radius 2 is 1.78 bits per heavy atom. The monoisotopic (exact) mass is 396 g/mol. The summed E-state index contributed by atoms with van der Waals surface area (Å²) >= 11 is 3.29. The Balaban J connectivity index is 1.77. The van der Waals surface area contributed by atoms with E-state index in [1.54, 1.807) is 24.3 Å². The molecule has 5 nitrogen and oxygen atoms in total. The van der Waals surface area contributed by atoms with Crippen LogP contribution in [-0.4, -0.2) is 22.6 Å². The van der Waals surface area contributed by atoms with Crippen LogP contribution in [0.15, 0.2) is 64.0 Å². The molecule has 1 amide bonds. The van der Waals surface area contributed by atoms with Crippen LogP contribution in [0.1, 0.15) is 5.56 Å². The lowest BCUT2D eigenvalue weighted by molar-refractivity contribution is 0.140. The fourth-order valence-electron chi connectivity index (χ4n) is 1.84. The summed E-state index contributed by atoms with van der Waals surface area (Å²) in [4.78, 5) is 12.0. The Morgan fingerprint density at radius 1 is 1.13 bits per heavy atom. The van der Waals surface area contributed by atoms with Crippen molar-refractivity contribution in [3.05, 3.63) is 64.6 Å². The van der Waals surface area contributed by atoms with Crippen molar-refractivity contribution in [2.45, 2.75) is 11.5 Å². The second kappa shape index (κ2) is 8.12. The number of carbonyl (C=O) groups excluding carboxylic acids is 1. The number of benzene rings is 2. The Labute approximate surface area is 144 Å². The first kappa shape index (κ1) is 17.5. The maximum atomic E-state index is 12.3. The maximum absolute atomic E-state index is 12.3. The number of rotatable bonds is 6. The van der Waals surface area contributed by atoms with Gasteiger partial charge in [0.1, 0.15) is 6.61 Å². The molecular weight excluding hydrogens is 380 g/mol. The van der Waals surface area contributed by atoms with Crippen LogP contribution in [0.4, 0.5) is 4.79 Å². The van der Waals surface area contributed by atoms with Gasteiger partial charge in [0.15, 0.2) is 0 Å². The first-order chi connectivity index (χ1) is 11.0. The lowest BCUT2D eigenvalue weighted by Crippen LogP contribution is -2.29. The number of hydrogen-bond acceptors (Lipinski definition) is 4. The van der Waals surface area contributed by atoms with Gasteiger partial charge in [0.2, 0.25) is 0 Å². The van der Waals surface area contributed by atoms with E-state index in [2.05, 4.69) is 21.2 Å². The standard InChI is InChI=1S/C16H17BrN2O3S/c17-14-6-8-15(9-7-14)23(18,21)11-10-19-16(20)22-12-13-4-2-1-3-5-13/h1-9,18H,10-12H2,(H,19,20). The van der Waals surface area contributed by atoms with Gasteiger partial charge in [-0.2, -0.15) is 0 Å². The molecule has 0 bridgehead atoms. The normalized spacial score (nSPS) is 13.1. The molecular formula is C16H17BrN2O3S. The second-order valence-corrected chi connectivity index (χ2v) is 7.97. The second-order valence-electron chi connectivity index (χ2n) is 4.82. The van der Waals surface area contributed by atoms with Gasteiger partial charge in [0.05, 0.1) is 15.5 Å². The molecule has 0 spiro atoms. The van der Waals surface area contributed by atoms with E-state index < -0.39 is 15.8 Å². The minimum Gasteiger partial charge on any atom is -0.445 e. The number of nitrogens with one attached hydrogen (secondary N) is 2. The van der Waals surface area contributed by atoms with Crippen molar-refractivity contribution in [3.8, 4) is 0 Å². The van der Waals surface area contributed by atoms with Gasteiger partial charge in [-0.1, -0.05) is 46.3 Å². The van der Waals surface area contributed by atoms with Gasteiger partial charge < -0.3 is 10.1 Å². The van der Waals surface area contributed by atoms with Crippen LogP contribution in [0.25, 0.3) is 0 Å². The number of ether oxygens (including phenoxy) is 1. The zero-order valence-corrected chi connectivity index (χ0v) is 14.7. The fourth-order valence-corrected chi connectivity index (χ4v) is 3.31. The van der Waals surface area contributed by atoms with Crippen molar-refractivity contribution < 1.29 is 13.7 Å². The molecule has 2 N–H and O–H groups in total. The number of amides is 1. The smallest absolute Gasteiger partial charge is 0.407 e. The van der Waals surface area contributed by atoms with Crippen molar-refractivity contribution in [1.29, 1.82) is 4.78 Å². The van der Waals surface area contributed by atoms with Crippen molar-refractivity contribution in [3.63, 3.8) is 0 Å². The van der Waals surface area contributed by atoms with E-state index in [9.17, 15) is 9.00 Å². The van der Waals surface area contributed by atoms with E-state index in [0.29, 0.717) is 4.90 Å². The Morgan fingerprint density at radius 3 is 2.43 bits per heavy atom. The first-order valence-electron chi connectivity index (χ1n) is 6.94. The molecule has 0 aliphatic carbocycles. The molecule has 7 heteroatoms. The van der Waals surface area contributed by atoms with Crippen LogP contribution in [0.3, 0.4) is 0 Å². The zero-order valence-electron chi connectivity index (χ0n) is 12.3. The van der Waals surface area contributed by atoms with Crippen LogP contribution in [0.2, 0.25) is 0 Å². The number of carbonyl (C=O) groups is 1. The summed E-state index contributed by atoms with van der Waals surface area (Å²) in [6.45, 7) is 0.293. The van der Waals surface area contributed by atoms with Crippen molar-refractivity contribution in [1.82, 2.24) is 5.32 Å². The molecule has 2 rings (SSSR count). The van der Waals surface area contributed by atoms with Gasteiger partial charge in [0.25, 0.3) is 0 Å². The van der Waals surface area contributed by atoms with E-state index in [1.807, 2.05) is 30.3 Å². The summed E-state index contributed by atoms with van der Waals surface area (Å²) in [5.41, 5.74) is 0.891. The summed E-state index contributed by atoms with van der Waals surface area (Å²) < 4.78 is 26.2. The van der Waals surface area contributed by atoms with E-state index >= 15 is 0 Å². The third kappa shape index (κ3) is 5.69. The molecule has 122 valence electrons. The van der Waals surface area contributed by atoms with Gasteiger partial charge in [0, 0.05) is 15.9 Å². The molecule has 2 aromatic carbocycles. The van der Waals surface area contributed by atoms with Crippen LogP contribution in [-0.2, 0) is 21.1 Å². The van der Waals surface area contributed by atoms with Crippen LogP contribution in [0, 0.1) is 4.78 Å². The lowest BCUT2D eigenvalue weighted by atomic mass is 10.2. The van der Waals surface area contributed by atoms with Crippen molar-refractivity contribution >= 4 is 31.8 Å². The Kier molecular flexibility index (Phi) is 6.18. The Bertz CT molecular complexity index is 747. The van der Waals surface area contributed by atoms with Gasteiger partial charge in [-0.3, -0.25) is 0 Å². The van der Waals surface area contributed by atoms with E-state index in [1.165, 1.54) is 0 Å². The zero-order chi connectivity index (χ0) is 16.7. The topological polar surface area (TPSA) is 79.3 Å². The highest BCUT2D eigenvalue weighted by Gasteiger charge is 2.11. The van der Waals surface area contributed by atoms with Crippen LogP contribution >= 0.6 is 15.9 Å². The van der Waals surface area contributed by atoms with Crippen LogP contribution in [0.5, 0.6) is 0 Å². The summed E-state index contributed by atoms with van der Waals surface area (Å²) in [7, 11) is -2.93. The van der Waals surface area contributed by atoms with E-state index in [4.69, 9.17) is 9.52 Å². The summed E-state index contributed by atoms with van der Waals surface area (Å²) in [6, 6.07) is 16.1. The number of halogens is 1. The van der Waals surface area contributed by atoms with Crippen molar-refractivity contribution in [2.75, 3.05) is 12.3 Å². The number of hydrogen-bond donors (Lipinski definition) is 2. The third-order valence-corrected chi connectivity index (χ3v) is 5.41. The highest BCUT2D eigenvalue weighted by atomic mass is 79.9. The Hall–Kier alpha value is -1.86. The lowest BCUT2D eigenvalue weighted by Gasteiger charge is -2.10. The highest BCUT2D eigenvalue weighted by Crippen LogP contribution is 2.16. The third-order valence-electron chi connectivity index (χ3n) is 3.07. The fraction of sp³-hybridized carbons (Fsp3) is 0.188. The minimum absolute atomic E-state index is 0.0368. The van der Waals surface area contributed by atoms with Gasteiger partial charge >= 0.3 is 6.09 Å². The predicted molar refractivity (Wildman–Crippen MR) is 92.8 cm³/mol. The molecule has 23 heavy (non-hydrogen) atoms. The number of alkyl carbamates (subject to hydrolysis) is 1. The van der Waals surface area contributed by atoms with Gasteiger partial charge in [-0.15, -0.1) is 0 Å². The molecule has 0 aliphatic heterocycles. The summed E-state index contributed by atoms with van der Waals surface area (Å²) in [5.74, 6) is 0.0368. The van der Waals surface area contributed by atoms with Crippen molar-refractivity contribution in [2.24, 2.45) is 0 Å². The van der Waals surface area contributed by atoms with E-state index in [0.717, 1.165) is 10.0 Å². The van der Waals surface area contributed by atoms with E-state index in [-0.39, 0.29) is 18.9 Å². The average molecular weight is 397 g/mol. The molecule has 0 fully saturated rings. The molecule has 1 unspecified atom stereocenters. The SMILES string of the molecule is N=S(=O)(CCNC(=O)OCc1ccccc1)c1ccc(Br)cc1. The minimum atomic E-state index is -2.93. The molecule has 1 atom stereocenters. The molecule has 0 radical (unpaired) electrons. The largest absolute Gasteiger partial charge is 0.445 e. The molecule has 2 aromatic rings. The molecule has 0 saturated carbocycles. The van der Waals surface area contributed by atoms with Crippen LogP contribution < -0.4 is 5.32 Å². The molecule has 0 aromatic heterocycles. The van der Waals surface area contributed by atoms with Gasteiger partial charge in [-0.05, 0) is 29.8 Å². The molecule has 0 saturated heterocycles.